The van der Waals surface area contributed by atoms with E-state index in [1.807, 2.05) is 25.1 Å². The molecular weight excluding hydrogens is 274 g/mol. The minimum absolute atomic E-state index is 0.287. The molecular formula is C14H13N3O2S. The number of rotatable bonds is 2. The van der Waals surface area contributed by atoms with Crippen molar-refractivity contribution in [2.45, 2.75) is 11.8 Å². The van der Waals surface area contributed by atoms with E-state index in [1.54, 1.807) is 18.2 Å². The largest absolute Gasteiger partial charge is 0.341 e. The zero-order valence-electron chi connectivity index (χ0n) is 11.1. The zero-order valence-corrected chi connectivity index (χ0v) is 11.9. The topological polar surface area (TPSA) is 75.7 Å². The van der Waals surface area contributed by atoms with Gasteiger partial charge >= 0.3 is 0 Å². The Morgan fingerprint density at radius 3 is 2.65 bits per heavy atom. The molecule has 5 nitrogen and oxygen atoms in total. The monoisotopic (exact) mass is 287 g/mol. The molecule has 0 amide bonds. The summed E-state index contributed by atoms with van der Waals surface area (Å²) in [4.78, 5) is 12.1. The lowest BCUT2D eigenvalue weighted by molar-refractivity contribution is 0.602. The summed E-state index contributed by atoms with van der Waals surface area (Å²) in [6.45, 7) is 1.87. The highest BCUT2D eigenvalue weighted by Gasteiger charge is 2.10. The average Bonchev–Trinajstić information content (AvgIpc) is 2.77. The van der Waals surface area contributed by atoms with Crippen molar-refractivity contribution in [2.24, 2.45) is 0 Å². The molecule has 0 aliphatic rings. The van der Waals surface area contributed by atoms with E-state index in [0.29, 0.717) is 11.3 Å². The normalized spacial score (nSPS) is 11.9. The highest BCUT2D eigenvalue weighted by molar-refractivity contribution is 7.90. The number of nitrogens with zero attached hydrogens (tertiary/aromatic N) is 2. The molecule has 0 aliphatic carbocycles. The molecule has 20 heavy (non-hydrogen) atoms. The first kappa shape index (κ1) is 12.8. The molecule has 0 saturated heterocycles. The van der Waals surface area contributed by atoms with Gasteiger partial charge in [0.25, 0.3) is 0 Å². The van der Waals surface area contributed by atoms with E-state index in [2.05, 4.69) is 15.0 Å². The predicted molar refractivity (Wildman–Crippen MR) is 77.2 cm³/mol. The van der Waals surface area contributed by atoms with Gasteiger partial charge in [-0.1, -0.05) is 12.1 Å². The number of benzene rings is 1. The molecule has 0 radical (unpaired) electrons. The molecule has 0 fully saturated rings. The van der Waals surface area contributed by atoms with Crippen molar-refractivity contribution in [3.05, 3.63) is 42.2 Å². The molecule has 3 aromatic rings. The van der Waals surface area contributed by atoms with Crippen LogP contribution in [0.25, 0.3) is 22.4 Å². The van der Waals surface area contributed by atoms with Crippen molar-refractivity contribution in [1.82, 2.24) is 15.0 Å². The van der Waals surface area contributed by atoms with Gasteiger partial charge < -0.3 is 4.98 Å². The third-order valence-corrected chi connectivity index (χ3v) is 4.13. The van der Waals surface area contributed by atoms with Crippen LogP contribution in [-0.2, 0) is 9.84 Å². The molecule has 2 heterocycles. The van der Waals surface area contributed by atoms with Crippen molar-refractivity contribution in [2.75, 3.05) is 6.26 Å². The van der Waals surface area contributed by atoms with Gasteiger partial charge in [0.2, 0.25) is 0 Å². The van der Waals surface area contributed by atoms with Gasteiger partial charge in [0, 0.05) is 11.8 Å². The number of hydrogen-bond donors (Lipinski definition) is 1. The Morgan fingerprint density at radius 2 is 1.90 bits per heavy atom. The quantitative estimate of drug-likeness (QED) is 0.785. The van der Waals surface area contributed by atoms with Gasteiger partial charge in [0.05, 0.1) is 16.1 Å². The zero-order chi connectivity index (χ0) is 14.3. The fourth-order valence-corrected chi connectivity index (χ4v) is 2.73. The van der Waals surface area contributed by atoms with Gasteiger partial charge in [-0.25, -0.2) is 18.4 Å². The SMILES string of the molecule is Cc1nc2nc(-c3cccc(S(C)(=O)=O)c3)ccc2[nH]1. The molecule has 1 aromatic carbocycles. The Morgan fingerprint density at radius 1 is 1.10 bits per heavy atom. The van der Waals surface area contributed by atoms with Crippen LogP contribution in [0.3, 0.4) is 0 Å². The second kappa shape index (κ2) is 4.42. The van der Waals surface area contributed by atoms with Crippen LogP contribution >= 0.6 is 0 Å². The Labute approximate surface area is 116 Å². The van der Waals surface area contributed by atoms with Crippen LogP contribution in [0.2, 0.25) is 0 Å². The molecule has 0 aliphatic heterocycles. The minimum atomic E-state index is -3.22. The van der Waals surface area contributed by atoms with Crippen molar-refractivity contribution >= 4 is 21.0 Å². The van der Waals surface area contributed by atoms with Gasteiger partial charge in [-0.2, -0.15) is 0 Å². The Kier molecular flexibility index (Phi) is 2.83. The van der Waals surface area contributed by atoms with E-state index >= 15 is 0 Å². The van der Waals surface area contributed by atoms with Crippen molar-refractivity contribution < 1.29 is 8.42 Å². The van der Waals surface area contributed by atoms with E-state index in [-0.39, 0.29) is 4.90 Å². The molecule has 6 heteroatoms. The fraction of sp³-hybridized carbons (Fsp3) is 0.143. The standard InChI is InChI=1S/C14H13N3O2S/c1-9-15-13-7-6-12(17-14(13)16-9)10-4-3-5-11(8-10)20(2,18)19/h3-8H,1-2H3,(H,15,16,17). The summed E-state index contributed by atoms with van der Waals surface area (Å²) in [5, 5.41) is 0. The third-order valence-electron chi connectivity index (χ3n) is 3.02. The highest BCUT2D eigenvalue weighted by atomic mass is 32.2. The predicted octanol–water partition coefficient (Wildman–Crippen LogP) is 2.34. The molecule has 0 saturated carbocycles. The number of pyridine rings is 1. The number of hydrogen-bond acceptors (Lipinski definition) is 4. The molecule has 3 rings (SSSR count). The smallest absolute Gasteiger partial charge is 0.178 e. The van der Waals surface area contributed by atoms with Gasteiger partial charge in [-0.05, 0) is 31.2 Å². The number of aryl methyl sites for hydroxylation is 1. The maximum absolute atomic E-state index is 11.6. The number of aromatic amines is 1. The average molecular weight is 287 g/mol. The summed E-state index contributed by atoms with van der Waals surface area (Å²) < 4.78 is 23.2. The Hall–Kier alpha value is -2.21. The van der Waals surface area contributed by atoms with Crippen LogP contribution in [-0.4, -0.2) is 29.6 Å². The first-order chi connectivity index (χ1) is 9.43. The minimum Gasteiger partial charge on any atom is -0.341 e. The summed E-state index contributed by atoms with van der Waals surface area (Å²) in [6, 6.07) is 10.5. The van der Waals surface area contributed by atoms with E-state index in [0.717, 1.165) is 16.9 Å². The van der Waals surface area contributed by atoms with Crippen molar-refractivity contribution in [3.63, 3.8) is 0 Å². The molecule has 2 aromatic heterocycles. The summed E-state index contributed by atoms with van der Waals surface area (Å²) >= 11 is 0. The maximum Gasteiger partial charge on any atom is 0.178 e. The first-order valence-electron chi connectivity index (χ1n) is 6.07. The Balaban J connectivity index is 2.15. The van der Waals surface area contributed by atoms with Gasteiger partial charge in [0.1, 0.15) is 5.82 Å². The number of H-pyrrole nitrogens is 1. The van der Waals surface area contributed by atoms with Crippen LogP contribution in [0.1, 0.15) is 5.82 Å². The molecule has 0 unspecified atom stereocenters. The van der Waals surface area contributed by atoms with Crippen LogP contribution in [0, 0.1) is 6.92 Å². The number of fused-ring (bicyclic) bond motifs is 1. The van der Waals surface area contributed by atoms with Gasteiger partial charge in [-0.3, -0.25) is 0 Å². The second-order valence-corrected chi connectivity index (χ2v) is 6.71. The summed E-state index contributed by atoms with van der Waals surface area (Å²) in [7, 11) is -3.22. The van der Waals surface area contributed by atoms with E-state index in [9.17, 15) is 8.42 Å². The van der Waals surface area contributed by atoms with Crippen LogP contribution in [0.4, 0.5) is 0 Å². The molecule has 0 spiro atoms. The summed E-state index contributed by atoms with van der Waals surface area (Å²) in [6.07, 6.45) is 1.19. The van der Waals surface area contributed by atoms with Gasteiger partial charge in [-0.15, -0.1) is 0 Å². The van der Waals surface area contributed by atoms with Crippen LogP contribution < -0.4 is 0 Å². The summed E-state index contributed by atoms with van der Waals surface area (Å²) in [5.41, 5.74) is 2.96. The lowest BCUT2D eigenvalue weighted by Gasteiger charge is -2.03. The maximum atomic E-state index is 11.6. The highest BCUT2D eigenvalue weighted by Crippen LogP contribution is 2.22. The second-order valence-electron chi connectivity index (χ2n) is 4.69. The van der Waals surface area contributed by atoms with Crippen molar-refractivity contribution in [3.8, 4) is 11.3 Å². The molecule has 1 N–H and O–H groups in total. The lowest BCUT2D eigenvalue weighted by Crippen LogP contribution is -1.97. The third kappa shape index (κ3) is 2.30. The van der Waals surface area contributed by atoms with E-state index < -0.39 is 9.84 Å². The van der Waals surface area contributed by atoms with Crippen LogP contribution in [0.15, 0.2) is 41.3 Å². The molecule has 102 valence electrons. The Bertz CT molecular complexity index is 898. The number of sulfone groups is 1. The number of aromatic nitrogens is 3. The van der Waals surface area contributed by atoms with Gasteiger partial charge in [0.15, 0.2) is 15.5 Å². The number of imidazole rings is 1. The van der Waals surface area contributed by atoms with E-state index in [4.69, 9.17) is 0 Å². The number of nitrogens with one attached hydrogen (secondary N) is 1. The van der Waals surface area contributed by atoms with Crippen molar-refractivity contribution in [1.29, 1.82) is 0 Å². The fourth-order valence-electron chi connectivity index (χ4n) is 2.06. The molecule has 0 bridgehead atoms. The van der Waals surface area contributed by atoms with Crippen LogP contribution in [0.5, 0.6) is 0 Å². The molecule has 0 atom stereocenters. The lowest BCUT2D eigenvalue weighted by atomic mass is 10.1. The summed E-state index contributed by atoms with van der Waals surface area (Å²) in [5.74, 6) is 0.800. The first-order valence-corrected chi connectivity index (χ1v) is 7.96. The van der Waals surface area contributed by atoms with E-state index in [1.165, 1.54) is 6.26 Å².